The molecule has 4 heteroatoms. The molecule has 0 aromatic heterocycles. The van der Waals surface area contributed by atoms with Crippen molar-refractivity contribution in [3.8, 4) is 0 Å². The third kappa shape index (κ3) is 10.5. The Morgan fingerprint density at radius 1 is 0.609 bits per heavy atom. The standard InChI is InChI=1S/C19H42O3Si/c1-8-12-16-23(20-17(5)13-9-2,21-18(6)14-10-3)22-19(7)15-11-4/h17-19H,8-16H2,1-7H3. The quantitative estimate of drug-likeness (QED) is 0.324. The largest absolute Gasteiger partial charge is 0.501 e. The summed E-state index contributed by atoms with van der Waals surface area (Å²) in [4.78, 5) is 0. The number of rotatable bonds is 15. The Kier molecular flexibility index (Phi) is 13.5. The Morgan fingerprint density at radius 2 is 0.957 bits per heavy atom. The zero-order valence-electron chi connectivity index (χ0n) is 16.8. The molecule has 0 bridgehead atoms. The molecule has 0 aliphatic carbocycles. The summed E-state index contributed by atoms with van der Waals surface area (Å²) >= 11 is 0. The number of hydrogen-bond donors (Lipinski definition) is 0. The van der Waals surface area contributed by atoms with Crippen molar-refractivity contribution in [3.05, 3.63) is 0 Å². The number of unbranched alkanes of at least 4 members (excludes halogenated alkanes) is 1. The van der Waals surface area contributed by atoms with Crippen molar-refractivity contribution in [3.63, 3.8) is 0 Å². The van der Waals surface area contributed by atoms with Crippen LogP contribution >= 0.6 is 0 Å². The average Bonchev–Trinajstić information content (AvgIpc) is 2.45. The first-order valence-electron chi connectivity index (χ1n) is 9.96. The van der Waals surface area contributed by atoms with Crippen LogP contribution in [-0.2, 0) is 13.3 Å². The van der Waals surface area contributed by atoms with Gasteiger partial charge in [-0.15, -0.1) is 0 Å². The Labute approximate surface area is 146 Å². The van der Waals surface area contributed by atoms with E-state index in [0.717, 1.165) is 57.4 Å². The molecule has 0 spiro atoms. The fourth-order valence-corrected chi connectivity index (χ4v) is 6.47. The molecule has 23 heavy (non-hydrogen) atoms. The molecule has 0 saturated carbocycles. The van der Waals surface area contributed by atoms with Crippen molar-refractivity contribution in [2.24, 2.45) is 0 Å². The lowest BCUT2D eigenvalue weighted by molar-refractivity contribution is -0.0142. The topological polar surface area (TPSA) is 27.7 Å². The summed E-state index contributed by atoms with van der Waals surface area (Å²) in [7, 11) is -2.62. The van der Waals surface area contributed by atoms with Gasteiger partial charge in [0, 0.05) is 24.4 Å². The maximum Gasteiger partial charge on any atom is 0.501 e. The third-order valence-corrected chi connectivity index (χ3v) is 7.31. The molecule has 0 radical (unpaired) electrons. The van der Waals surface area contributed by atoms with Crippen LogP contribution in [0.15, 0.2) is 0 Å². The second kappa shape index (κ2) is 13.4. The highest BCUT2D eigenvalue weighted by atomic mass is 28.4. The highest BCUT2D eigenvalue weighted by molar-refractivity contribution is 6.60. The number of hydrogen-bond acceptors (Lipinski definition) is 3. The molecule has 0 N–H and O–H groups in total. The highest BCUT2D eigenvalue weighted by Gasteiger charge is 2.44. The fourth-order valence-electron chi connectivity index (χ4n) is 2.97. The van der Waals surface area contributed by atoms with E-state index in [0.29, 0.717) is 0 Å². The summed E-state index contributed by atoms with van der Waals surface area (Å²) in [6, 6.07) is 0.944. The highest BCUT2D eigenvalue weighted by Crippen LogP contribution is 2.27. The van der Waals surface area contributed by atoms with Gasteiger partial charge in [-0.25, -0.2) is 0 Å². The monoisotopic (exact) mass is 346 g/mol. The van der Waals surface area contributed by atoms with E-state index < -0.39 is 8.80 Å². The normalized spacial score (nSPS) is 18.4. The van der Waals surface area contributed by atoms with E-state index >= 15 is 0 Å². The molecule has 3 nitrogen and oxygen atoms in total. The molecule has 0 fully saturated rings. The molecule has 0 heterocycles. The van der Waals surface area contributed by atoms with Crippen LogP contribution in [0.4, 0.5) is 0 Å². The minimum absolute atomic E-state index is 0.214. The first kappa shape index (κ1) is 23.1. The molecule has 0 amide bonds. The lowest BCUT2D eigenvalue weighted by Crippen LogP contribution is -2.51. The van der Waals surface area contributed by atoms with E-state index in [2.05, 4.69) is 48.5 Å². The minimum Gasteiger partial charge on any atom is -0.371 e. The van der Waals surface area contributed by atoms with Crippen molar-refractivity contribution < 1.29 is 13.3 Å². The summed E-state index contributed by atoms with van der Waals surface area (Å²) in [5.41, 5.74) is 0. The van der Waals surface area contributed by atoms with Gasteiger partial charge in [0.1, 0.15) is 0 Å². The maximum atomic E-state index is 6.51. The van der Waals surface area contributed by atoms with Gasteiger partial charge in [-0.3, -0.25) is 0 Å². The molecule has 3 atom stereocenters. The second-order valence-electron chi connectivity index (χ2n) is 6.94. The van der Waals surface area contributed by atoms with Gasteiger partial charge in [-0.1, -0.05) is 53.4 Å². The third-order valence-electron chi connectivity index (χ3n) is 4.06. The van der Waals surface area contributed by atoms with Crippen LogP contribution in [0.2, 0.25) is 6.04 Å². The molecule has 0 rings (SSSR count). The first-order chi connectivity index (χ1) is 10.9. The van der Waals surface area contributed by atoms with E-state index in [4.69, 9.17) is 13.3 Å². The van der Waals surface area contributed by atoms with Crippen LogP contribution < -0.4 is 0 Å². The maximum absolute atomic E-state index is 6.51. The van der Waals surface area contributed by atoms with Gasteiger partial charge >= 0.3 is 8.80 Å². The Balaban J connectivity index is 5.14. The van der Waals surface area contributed by atoms with E-state index in [9.17, 15) is 0 Å². The van der Waals surface area contributed by atoms with Crippen molar-refractivity contribution in [1.82, 2.24) is 0 Å². The fraction of sp³-hybridized carbons (Fsp3) is 1.00. The Morgan fingerprint density at radius 3 is 1.22 bits per heavy atom. The molecule has 0 saturated heterocycles. The smallest absolute Gasteiger partial charge is 0.371 e. The van der Waals surface area contributed by atoms with Crippen LogP contribution in [0.5, 0.6) is 0 Å². The molecule has 3 unspecified atom stereocenters. The van der Waals surface area contributed by atoms with Gasteiger partial charge in [-0.2, -0.15) is 0 Å². The summed E-state index contributed by atoms with van der Waals surface area (Å²) < 4.78 is 19.5. The van der Waals surface area contributed by atoms with Gasteiger partial charge in [0.2, 0.25) is 0 Å². The molecule has 0 aliphatic rings. The van der Waals surface area contributed by atoms with E-state index in [1.807, 2.05) is 0 Å². The summed E-state index contributed by atoms with van der Waals surface area (Å²) in [5.74, 6) is 0. The molecule has 0 aromatic carbocycles. The molecule has 0 aromatic rings. The second-order valence-corrected chi connectivity index (χ2v) is 9.51. The van der Waals surface area contributed by atoms with Crippen LogP contribution in [0.25, 0.3) is 0 Å². The SMILES string of the molecule is CCCC[Si](OC(C)CCC)(OC(C)CCC)OC(C)CCC. The summed E-state index contributed by atoms with van der Waals surface area (Å²) in [5, 5.41) is 0. The Hall–Kier alpha value is 0.0969. The Bertz CT molecular complexity index is 237. The van der Waals surface area contributed by atoms with Gasteiger partial charge in [-0.05, 0) is 46.5 Å². The summed E-state index contributed by atoms with van der Waals surface area (Å²) in [6.07, 6.45) is 9.51. The summed E-state index contributed by atoms with van der Waals surface area (Å²) in [6.45, 7) is 15.3. The van der Waals surface area contributed by atoms with Gasteiger partial charge in [0.05, 0.1) is 0 Å². The predicted molar refractivity (Wildman–Crippen MR) is 102 cm³/mol. The van der Waals surface area contributed by atoms with Crippen molar-refractivity contribution >= 4 is 8.80 Å². The van der Waals surface area contributed by atoms with Gasteiger partial charge < -0.3 is 13.3 Å². The average molecular weight is 347 g/mol. The van der Waals surface area contributed by atoms with Crippen molar-refractivity contribution in [1.29, 1.82) is 0 Å². The predicted octanol–water partition coefficient (Wildman–Crippen LogP) is 6.34. The zero-order chi connectivity index (χ0) is 17.7. The van der Waals surface area contributed by atoms with Gasteiger partial charge in [0.25, 0.3) is 0 Å². The van der Waals surface area contributed by atoms with Crippen molar-refractivity contribution in [2.45, 2.75) is 124 Å². The van der Waals surface area contributed by atoms with Gasteiger partial charge in [0.15, 0.2) is 0 Å². The lowest BCUT2D eigenvalue weighted by Gasteiger charge is -2.36. The molecular weight excluding hydrogens is 304 g/mol. The lowest BCUT2D eigenvalue weighted by atomic mass is 10.2. The zero-order valence-corrected chi connectivity index (χ0v) is 17.8. The van der Waals surface area contributed by atoms with Crippen LogP contribution in [0.3, 0.4) is 0 Å². The molecular formula is C19H42O3Si. The van der Waals surface area contributed by atoms with E-state index in [1.165, 1.54) is 0 Å². The van der Waals surface area contributed by atoms with Crippen LogP contribution in [0, 0.1) is 0 Å². The van der Waals surface area contributed by atoms with Crippen LogP contribution in [-0.4, -0.2) is 27.1 Å². The molecule has 140 valence electrons. The first-order valence-corrected chi connectivity index (χ1v) is 11.9. The van der Waals surface area contributed by atoms with E-state index in [1.54, 1.807) is 0 Å². The molecule has 0 aliphatic heterocycles. The van der Waals surface area contributed by atoms with E-state index in [-0.39, 0.29) is 18.3 Å². The minimum atomic E-state index is -2.62. The van der Waals surface area contributed by atoms with Crippen LogP contribution in [0.1, 0.15) is 99.8 Å². The van der Waals surface area contributed by atoms with Crippen molar-refractivity contribution in [2.75, 3.05) is 0 Å².